The first-order chi connectivity index (χ1) is 5.27. The smallest absolute Gasteiger partial charge is 0.101 e. The average molecular weight is 150 g/mol. The zero-order valence-corrected chi connectivity index (χ0v) is 6.85. The lowest BCUT2D eigenvalue weighted by Gasteiger charge is -2.17. The second kappa shape index (κ2) is 2.29. The zero-order chi connectivity index (χ0) is 7.84. The van der Waals surface area contributed by atoms with Crippen LogP contribution in [0.3, 0.4) is 0 Å². The predicted molar refractivity (Wildman–Crippen MR) is 46.6 cm³/mol. The van der Waals surface area contributed by atoms with Crippen LogP contribution in [0.2, 0.25) is 0 Å². The van der Waals surface area contributed by atoms with Crippen molar-refractivity contribution in [2.75, 3.05) is 5.73 Å². The molecule has 0 saturated heterocycles. The number of aryl methyl sites for hydroxylation is 1. The Morgan fingerprint density at radius 2 is 2.45 bits per heavy atom. The van der Waals surface area contributed by atoms with Crippen LogP contribution in [0.5, 0.6) is 0 Å². The molecule has 1 aromatic rings. The minimum atomic E-state index is 0.701. The molecule has 0 saturated carbocycles. The summed E-state index contributed by atoms with van der Waals surface area (Å²) in [5.74, 6) is 1.52. The van der Waals surface area contributed by atoms with Crippen LogP contribution in [-0.4, -0.2) is 4.98 Å². The molecule has 1 aromatic heterocycles. The maximum atomic E-state index is 5.66. The van der Waals surface area contributed by atoms with Crippen molar-refractivity contribution in [2.45, 2.75) is 32.1 Å². The molecule has 0 amide bonds. The second-order valence-electron chi connectivity index (χ2n) is 3.45. The molecular formula is C9H14N2. The normalized spacial score (nSPS) is 23.2. The van der Waals surface area contributed by atoms with Crippen molar-refractivity contribution in [1.82, 2.24) is 4.98 Å². The van der Waals surface area contributed by atoms with Crippen LogP contribution < -0.4 is 5.73 Å². The summed E-state index contributed by atoms with van der Waals surface area (Å²) >= 11 is 0. The van der Waals surface area contributed by atoms with Gasteiger partial charge in [-0.2, -0.15) is 0 Å². The minimum absolute atomic E-state index is 0.701. The molecule has 1 heterocycles. The molecule has 3 N–H and O–H groups in total. The minimum Gasteiger partial charge on any atom is -0.385 e. The zero-order valence-electron chi connectivity index (χ0n) is 6.85. The Kier molecular flexibility index (Phi) is 1.41. The number of nitrogens with one attached hydrogen (secondary N) is 1. The number of aromatic nitrogens is 1. The maximum absolute atomic E-state index is 5.66. The summed E-state index contributed by atoms with van der Waals surface area (Å²) in [5, 5.41) is 0. The third kappa shape index (κ3) is 1.02. The van der Waals surface area contributed by atoms with E-state index in [-0.39, 0.29) is 0 Å². The number of nitrogen functional groups attached to an aromatic ring is 1. The number of H-pyrrole nitrogens is 1. The van der Waals surface area contributed by atoms with Gasteiger partial charge in [-0.25, -0.2) is 0 Å². The van der Waals surface area contributed by atoms with E-state index in [1.165, 1.54) is 30.5 Å². The largest absolute Gasteiger partial charge is 0.385 e. The lowest BCUT2D eigenvalue weighted by Crippen LogP contribution is -2.04. The number of fused-ring (bicyclic) bond motifs is 1. The van der Waals surface area contributed by atoms with Crippen molar-refractivity contribution < 1.29 is 0 Å². The van der Waals surface area contributed by atoms with E-state index < -0.39 is 0 Å². The average Bonchev–Trinajstić information content (AvgIpc) is 2.31. The highest BCUT2D eigenvalue weighted by Gasteiger charge is 2.17. The standard InChI is InChI=1S/C9H14N2/c1-6-3-2-4-8-7(6)5-9(10)11-8/h5-6,11H,2-4,10H2,1H3. The quantitative estimate of drug-likeness (QED) is 0.583. The Hall–Kier alpha value is -0.920. The maximum Gasteiger partial charge on any atom is 0.101 e. The Balaban J connectivity index is 2.43. The summed E-state index contributed by atoms with van der Waals surface area (Å²) in [6, 6.07) is 2.08. The van der Waals surface area contributed by atoms with Gasteiger partial charge in [0.05, 0.1) is 0 Å². The Bertz CT molecular complexity index is 263. The molecule has 60 valence electrons. The van der Waals surface area contributed by atoms with Crippen LogP contribution >= 0.6 is 0 Å². The molecule has 0 spiro atoms. The monoisotopic (exact) mass is 150 g/mol. The molecule has 1 aliphatic rings. The Labute approximate surface area is 66.8 Å². The Morgan fingerprint density at radius 3 is 3.18 bits per heavy atom. The molecule has 1 aliphatic carbocycles. The predicted octanol–water partition coefficient (Wildman–Crippen LogP) is 2.04. The first kappa shape index (κ1) is 6.77. The van der Waals surface area contributed by atoms with E-state index in [4.69, 9.17) is 5.73 Å². The third-order valence-electron chi connectivity index (χ3n) is 2.55. The van der Waals surface area contributed by atoms with Gasteiger partial charge in [-0.3, -0.25) is 0 Å². The summed E-state index contributed by atoms with van der Waals surface area (Å²) in [4.78, 5) is 3.20. The van der Waals surface area contributed by atoms with Crippen molar-refractivity contribution in [1.29, 1.82) is 0 Å². The van der Waals surface area contributed by atoms with Gasteiger partial charge in [-0.15, -0.1) is 0 Å². The van der Waals surface area contributed by atoms with Crippen molar-refractivity contribution in [3.8, 4) is 0 Å². The van der Waals surface area contributed by atoms with Gasteiger partial charge in [0.2, 0.25) is 0 Å². The lowest BCUT2D eigenvalue weighted by molar-refractivity contribution is 0.586. The molecule has 0 aromatic carbocycles. The van der Waals surface area contributed by atoms with E-state index in [0.717, 1.165) is 5.82 Å². The van der Waals surface area contributed by atoms with E-state index in [2.05, 4.69) is 18.0 Å². The van der Waals surface area contributed by atoms with Gasteiger partial charge >= 0.3 is 0 Å². The summed E-state index contributed by atoms with van der Waals surface area (Å²) in [5.41, 5.74) is 8.47. The van der Waals surface area contributed by atoms with Gasteiger partial charge in [0.25, 0.3) is 0 Å². The fourth-order valence-corrected chi connectivity index (χ4v) is 1.92. The highest BCUT2D eigenvalue weighted by Crippen LogP contribution is 2.31. The number of nitrogens with two attached hydrogens (primary N) is 1. The van der Waals surface area contributed by atoms with E-state index in [1.807, 2.05) is 0 Å². The van der Waals surface area contributed by atoms with E-state index in [9.17, 15) is 0 Å². The molecular weight excluding hydrogens is 136 g/mol. The van der Waals surface area contributed by atoms with Gasteiger partial charge in [-0.1, -0.05) is 6.92 Å². The van der Waals surface area contributed by atoms with Crippen LogP contribution in [0.25, 0.3) is 0 Å². The van der Waals surface area contributed by atoms with Crippen LogP contribution in [0.4, 0.5) is 5.82 Å². The van der Waals surface area contributed by atoms with Gasteiger partial charge in [0.1, 0.15) is 5.82 Å². The van der Waals surface area contributed by atoms with Crippen LogP contribution in [0.15, 0.2) is 6.07 Å². The SMILES string of the molecule is CC1CCCc2[nH]c(N)cc21. The number of hydrogen-bond acceptors (Lipinski definition) is 1. The number of anilines is 1. The van der Waals surface area contributed by atoms with Crippen molar-refractivity contribution >= 4 is 5.82 Å². The number of aromatic amines is 1. The fraction of sp³-hybridized carbons (Fsp3) is 0.556. The van der Waals surface area contributed by atoms with E-state index in [0.29, 0.717) is 5.92 Å². The summed E-state index contributed by atoms with van der Waals surface area (Å²) in [6.07, 6.45) is 3.79. The van der Waals surface area contributed by atoms with Gasteiger partial charge < -0.3 is 10.7 Å². The van der Waals surface area contributed by atoms with Crippen molar-refractivity contribution in [2.24, 2.45) is 0 Å². The van der Waals surface area contributed by atoms with Crippen LogP contribution in [0, 0.1) is 0 Å². The lowest BCUT2D eigenvalue weighted by atomic mass is 9.89. The molecule has 2 nitrogen and oxygen atoms in total. The second-order valence-corrected chi connectivity index (χ2v) is 3.45. The van der Waals surface area contributed by atoms with Gasteiger partial charge in [0, 0.05) is 5.69 Å². The third-order valence-corrected chi connectivity index (χ3v) is 2.55. The molecule has 0 fully saturated rings. The molecule has 0 radical (unpaired) electrons. The van der Waals surface area contributed by atoms with Gasteiger partial charge in [-0.05, 0) is 36.8 Å². The number of rotatable bonds is 0. The van der Waals surface area contributed by atoms with E-state index in [1.54, 1.807) is 0 Å². The first-order valence-corrected chi connectivity index (χ1v) is 4.24. The summed E-state index contributed by atoms with van der Waals surface area (Å²) < 4.78 is 0. The summed E-state index contributed by atoms with van der Waals surface area (Å²) in [6.45, 7) is 2.27. The highest BCUT2D eigenvalue weighted by molar-refractivity contribution is 5.41. The Morgan fingerprint density at radius 1 is 1.64 bits per heavy atom. The van der Waals surface area contributed by atoms with Crippen LogP contribution in [-0.2, 0) is 6.42 Å². The fourth-order valence-electron chi connectivity index (χ4n) is 1.92. The highest BCUT2D eigenvalue weighted by atomic mass is 14.9. The molecule has 11 heavy (non-hydrogen) atoms. The van der Waals surface area contributed by atoms with Crippen molar-refractivity contribution in [3.63, 3.8) is 0 Å². The van der Waals surface area contributed by atoms with Gasteiger partial charge in [0.15, 0.2) is 0 Å². The van der Waals surface area contributed by atoms with Crippen molar-refractivity contribution in [3.05, 3.63) is 17.3 Å². The molecule has 0 aliphatic heterocycles. The molecule has 2 rings (SSSR count). The topological polar surface area (TPSA) is 41.8 Å². The van der Waals surface area contributed by atoms with Crippen LogP contribution in [0.1, 0.15) is 36.9 Å². The number of hydrogen-bond donors (Lipinski definition) is 2. The first-order valence-electron chi connectivity index (χ1n) is 4.24. The molecule has 2 heteroatoms. The molecule has 0 bridgehead atoms. The molecule has 1 atom stereocenters. The molecule has 1 unspecified atom stereocenters. The van der Waals surface area contributed by atoms with E-state index >= 15 is 0 Å². The summed E-state index contributed by atoms with van der Waals surface area (Å²) in [7, 11) is 0.